The van der Waals surface area contributed by atoms with Crippen molar-refractivity contribution in [3.8, 4) is 0 Å². The van der Waals surface area contributed by atoms with Crippen molar-refractivity contribution in [1.29, 1.82) is 0 Å². The molecule has 0 saturated carbocycles. The summed E-state index contributed by atoms with van der Waals surface area (Å²) in [4.78, 5) is 18.5. The van der Waals surface area contributed by atoms with Gasteiger partial charge in [0.1, 0.15) is 5.82 Å². The molecule has 0 aromatic heterocycles. The van der Waals surface area contributed by atoms with Gasteiger partial charge in [0.25, 0.3) is 0 Å². The Labute approximate surface area is 182 Å². The van der Waals surface area contributed by atoms with Gasteiger partial charge in [-0.25, -0.2) is 4.39 Å². The van der Waals surface area contributed by atoms with Crippen LogP contribution in [0.3, 0.4) is 0 Å². The largest absolute Gasteiger partial charge is 0.356 e. The maximum Gasteiger partial charge on any atom is 0.242 e. The molecule has 0 fully saturated rings. The van der Waals surface area contributed by atoms with Crippen LogP contribution in [0.4, 0.5) is 4.39 Å². The van der Waals surface area contributed by atoms with Gasteiger partial charge >= 0.3 is 0 Å². The molecule has 3 rings (SSSR count). The third-order valence-corrected chi connectivity index (χ3v) is 4.71. The van der Waals surface area contributed by atoms with E-state index in [9.17, 15) is 9.18 Å². The molecule has 0 aliphatic carbocycles. The van der Waals surface area contributed by atoms with Crippen LogP contribution in [0.5, 0.6) is 0 Å². The topological polar surface area (TPSA) is 56.7 Å². The Hall–Kier alpha value is -2.16. The fraction of sp³-hybridized carbons (Fsp3) is 0.333. The third kappa shape index (κ3) is 6.19. The highest BCUT2D eigenvalue weighted by atomic mass is 127. The number of rotatable bonds is 5. The predicted octanol–water partition coefficient (Wildman–Crippen LogP) is 2.74. The maximum absolute atomic E-state index is 13.2. The first-order valence-corrected chi connectivity index (χ1v) is 9.19. The Bertz CT molecular complexity index is 828. The Morgan fingerprint density at radius 3 is 2.68 bits per heavy atom. The van der Waals surface area contributed by atoms with Gasteiger partial charge in [0.05, 0.1) is 6.54 Å². The van der Waals surface area contributed by atoms with Gasteiger partial charge in [-0.3, -0.25) is 9.79 Å². The normalized spacial score (nSPS) is 13.4. The maximum atomic E-state index is 13.2. The van der Waals surface area contributed by atoms with E-state index in [0.717, 1.165) is 18.5 Å². The molecule has 7 heteroatoms. The van der Waals surface area contributed by atoms with E-state index < -0.39 is 0 Å². The zero-order valence-electron chi connectivity index (χ0n) is 16.0. The summed E-state index contributed by atoms with van der Waals surface area (Å²) in [6.07, 6.45) is 1.57. The predicted molar refractivity (Wildman–Crippen MR) is 120 cm³/mol. The average Bonchev–Trinajstić information content (AvgIpc) is 2.70. The van der Waals surface area contributed by atoms with Gasteiger partial charge in [-0.05, 0) is 41.7 Å². The molecule has 0 bridgehead atoms. The van der Waals surface area contributed by atoms with E-state index in [4.69, 9.17) is 0 Å². The SMILES string of the molecule is CN=C(NCCc1cccc(F)c1)NCC(=O)N1CCc2ccccc2C1.I. The molecule has 0 radical (unpaired) electrons. The highest BCUT2D eigenvalue weighted by Crippen LogP contribution is 2.18. The Balaban J connectivity index is 0.00000280. The highest BCUT2D eigenvalue weighted by molar-refractivity contribution is 14.0. The van der Waals surface area contributed by atoms with Crippen molar-refractivity contribution in [1.82, 2.24) is 15.5 Å². The molecule has 2 aromatic rings. The van der Waals surface area contributed by atoms with Gasteiger partial charge in [-0.1, -0.05) is 36.4 Å². The molecule has 1 amide bonds. The molecule has 5 nitrogen and oxygen atoms in total. The first kappa shape index (κ1) is 22.1. The first-order valence-electron chi connectivity index (χ1n) is 9.19. The fourth-order valence-corrected chi connectivity index (χ4v) is 3.22. The van der Waals surface area contributed by atoms with Gasteiger partial charge in [0, 0.05) is 26.7 Å². The van der Waals surface area contributed by atoms with Crippen LogP contribution in [0.1, 0.15) is 16.7 Å². The number of carbonyl (C=O) groups is 1. The van der Waals surface area contributed by atoms with Crippen LogP contribution >= 0.6 is 24.0 Å². The van der Waals surface area contributed by atoms with Crippen LogP contribution in [-0.4, -0.2) is 43.4 Å². The van der Waals surface area contributed by atoms with Gasteiger partial charge in [-0.15, -0.1) is 24.0 Å². The zero-order valence-corrected chi connectivity index (χ0v) is 18.3. The van der Waals surface area contributed by atoms with E-state index in [2.05, 4.69) is 27.8 Å². The summed E-state index contributed by atoms with van der Waals surface area (Å²) < 4.78 is 13.2. The van der Waals surface area contributed by atoms with E-state index in [1.54, 1.807) is 13.1 Å². The lowest BCUT2D eigenvalue weighted by atomic mass is 10.00. The number of benzene rings is 2. The summed E-state index contributed by atoms with van der Waals surface area (Å²) in [7, 11) is 1.67. The van der Waals surface area contributed by atoms with E-state index in [1.807, 2.05) is 23.1 Å². The van der Waals surface area contributed by atoms with Crippen molar-refractivity contribution in [3.05, 3.63) is 71.0 Å². The minimum atomic E-state index is -0.233. The molecule has 0 saturated heterocycles. The second-order valence-electron chi connectivity index (χ2n) is 6.57. The van der Waals surface area contributed by atoms with Gasteiger partial charge in [0.15, 0.2) is 5.96 Å². The lowest BCUT2D eigenvalue weighted by Gasteiger charge is -2.29. The number of aliphatic imine (C=N–C) groups is 1. The summed E-state index contributed by atoms with van der Waals surface area (Å²) in [5.74, 6) is 0.387. The van der Waals surface area contributed by atoms with Crippen molar-refractivity contribution < 1.29 is 9.18 Å². The molecule has 2 N–H and O–H groups in total. The van der Waals surface area contributed by atoms with E-state index >= 15 is 0 Å². The minimum absolute atomic E-state index is 0. The molecule has 1 aliphatic rings. The number of hydrogen-bond acceptors (Lipinski definition) is 2. The van der Waals surface area contributed by atoms with E-state index in [-0.39, 0.29) is 42.2 Å². The summed E-state index contributed by atoms with van der Waals surface area (Å²) in [6, 6.07) is 14.8. The number of carbonyl (C=O) groups excluding carboxylic acids is 1. The third-order valence-electron chi connectivity index (χ3n) is 4.71. The van der Waals surface area contributed by atoms with Crippen LogP contribution < -0.4 is 10.6 Å². The molecule has 150 valence electrons. The first-order chi connectivity index (χ1) is 13.2. The molecule has 0 spiro atoms. The molecule has 0 unspecified atom stereocenters. The lowest BCUT2D eigenvalue weighted by Crippen LogP contribution is -2.46. The van der Waals surface area contributed by atoms with Gasteiger partial charge < -0.3 is 15.5 Å². The Kier molecular flexibility index (Phi) is 8.69. The fourth-order valence-electron chi connectivity index (χ4n) is 3.22. The molecule has 0 atom stereocenters. The zero-order chi connectivity index (χ0) is 19.1. The molecule has 1 heterocycles. The van der Waals surface area contributed by atoms with Crippen LogP contribution in [0.25, 0.3) is 0 Å². The van der Waals surface area contributed by atoms with Crippen LogP contribution in [0.2, 0.25) is 0 Å². The second-order valence-corrected chi connectivity index (χ2v) is 6.57. The number of nitrogens with zero attached hydrogens (tertiary/aromatic N) is 2. The standard InChI is InChI=1S/C21H25FN4O.HI/c1-23-21(24-11-9-16-5-4-8-19(22)13-16)25-14-20(27)26-12-10-17-6-2-3-7-18(17)15-26;/h2-8,13H,9-12,14-15H2,1H3,(H2,23,24,25);1H. The number of fused-ring (bicyclic) bond motifs is 1. The quantitative estimate of drug-likeness (QED) is 0.381. The molecular formula is C21H26FIN4O. The van der Waals surface area contributed by atoms with Crippen molar-refractivity contribution in [2.45, 2.75) is 19.4 Å². The average molecular weight is 496 g/mol. The minimum Gasteiger partial charge on any atom is -0.356 e. The van der Waals surface area contributed by atoms with Gasteiger partial charge in [0.2, 0.25) is 5.91 Å². The van der Waals surface area contributed by atoms with Crippen molar-refractivity contribution in [3.63, 3.8) is 0 Å². The summed E-state index contributed by atoms with van der Waals surface area (Å²) >= 11 is 0. The summed E-state index contributed by atoms with van der Waals surface area (Å²) in [5, 5.41) is 6.22. The second kappa shape index (κ2) is 11.0. The number of nitrogens with one attached hydrogen (secondary N) is 2. The Morgan fingerprint density at radius 2 is 1.93 bits per heavy atom. The molecular weight excluding hydrogens is 470 g/mol. The van der Waals surface area contributed by atoms with Crippen molar-refractivity contribution in [2.75, 3.05) is 26.7 Å². The number of guanidine groups is 1. The number of halogens is 2. The smallest absolute Gasteiger partial charge is 0.242 e. The summed E-state index contributed by atoms with van der Waals surface area (Å²) in [5.41, 5.74) is 3.46. The van der Waals surface area contributed by atoms with E-state index in [0.29, 0.717) is 25.5 Å². The lowest BCUT2D eigenvalue weighted by molar-refractivity contribution is -0.130. The van der Waals surface area contributed by atoms with Crippen LogP contribution in [-0.2, 0) is 24.2 Å². The molecule has 1 aliphatic heterocycles. The van der Waals surface area contributed by atoms with Gasteiger partial charge in [-0.2, -0.15) is 0 Å². The molecule has 2 aromatic carbocycles. The number of amides is 1. The highest BCUT2D eigenvalue weighted by Gasteiger charge is 2.20. The van der Waals surface area contributed by atoms with Crippen LogP contribution in [0, 0.1) is 5.82 Å². The monoisotopic (exact) mass is 496 g/mol. The van der Waals surface area contributed by atoms with Crippen molar-refractivity contribution >= 4 is 35.8 Å². The Morgan fingerprint density at radius 1 is 1.14 bits per heavy atom. The number of hydrogen-bond donors (Lipinski definition) is 2. The van der Waals surface area contributed by atoms with Crippen LogP contribution in [0.15, 0.2) is 53.5 Å². The van der Waals surface area contributed by atoms with Crippen molar-refractivity contribution in [2.24, 2.45) is 4.99 Å². The molecule has 28 heavy (non-hydrogen) atoms. The summed E-state index contributed by atoms with van der Waals surface area (Å²) in [6.45, 7) is 2.20. The van der Waals surface area contributed by atoms with E-state index in [1.165, 1.54) is 23.3 Å².